The Balaban J connectivity index is 1.71. The first-order valence-corrected chi connectivity index (χ1v) is 7.11. The summed E-state index contributed by atoms with van der Waals surface area (Å²) in [5, 5.41) is 11.9. The van der Waals surface area contributed by atoms with Crippen molar-refractivity contribution in [3.8, 4) is 0 Å². The molecule has 5 heteroatoms. The van der Waals surface area contributed by atoms with Crippen LogP contribution in [-0.2, 0) is 4.79 Å². The van der Waals surface area contributed by atoms with E-state index in [1.807, 2.05) is 0 Å². The molecule has 0 aromatic heterocycles. The molecule has 2 rings (SSSR count). The van der Waals surface area contributed by atoms with Gasteiger partial charge in [-0.3, -0.25) is 4.79 Å². The summed E-state index contributed by atoms with van der Waals surface area (Å²) in [4.78, 5) is 24.5. The normalized spacial score (nSPS) is 22.8. The third-order valence-electron chi connectivity index (χ3n) is 5.00. The minimum Gasteiger partial charge on any atom is -0.481 e. The molecular weight excluding hydrogens is 244 g/mol. The van der Waals surface area contributed by atoms with E-state index in [4.69, 9.17) is 5.11 Å². The maximum absolute atomic E-state index is 11.9. The lowest BCUT2D eigenvalue weighted by atomic mass is 9.87. The molecular formula is C14H24N2O3. The molecule has 1 saturated heterocycles. The van der Waals surface area contributed by atoms with Gasteiger partial charge in [0.2, 0.25) is 0 Å². The van der Waals surface area contributed by atoms with E-state index < -0.39 is 5.97 Å². The SMILES string of the molecule is CC(C(=O)O)C1CN(C(=O)NCC2(C(C)C)CC2)C1. The standard InChI is InChI=1S/C14H24N2O3/c1-9(2)14(4-5-14)8-15-13(19)16-6-11(7-16)10(3)12(17)18/h9-11H,4-8H2,1-3H3,(H,15,19)(H,17,18). The average molecular weight is 268 g/mol. The molecule has 1 heterocycles. The molecule has 2 amide bonds. The number of carboxylic acids is 1. The second kappa shape index (κ2) is 5.02. The van der Waals surface area contributed by atoms with E-state index in [1.165, 1.54) is 12.8 Å². The van der Waals surface area contributed by atoms with Crippen LogP contribution in [0.1, 0.15) is 33.6 Å². The molecule has 108 valence electrons. The van der Waals surface area contributed by atoms with Crippen LogP contribution in [0, 0.1) is 23.2 Å². The fraction of sp³-hybridized carbons (Fsp3) is 0.857. The number of amides is 2. The number of aliphatic carboxylic acids is 1. The summed E-state index contributed by atoms with van der Waals surface area (Å²) in [6, 6.07) is -0.0410. The third-order valence-corrected chi connectivity index (χ3v) is 5.00. The van der Waals surface area contributed by atoms with E-state index in [9.17, 15) is 9.59 Å². The predicted octanol–water partition coefficient (Wildman–Crippen LogP) is 1.78. The first kappa shape index (κ1) is 14.2. The number of likely N-dealkylation sites (tertiary alicyclic amines) is 1. The summed E-state index contributed by atoms with van der Waals surface area (Å²) in [5.74, 6) is -0.441. The van der Waals surface area contributed by atoms with Crippen molar-refractivity contribution in [1.82, 2.24) is 10.2 Å². The Kier molecular flexibility index (Phi) is 3.74. The second-order valence-electron chi connectivity index (χ2n) is 6.47. The van der Waals surface area contributed by atoms with Crippen molar-refractivity contribution in [2.45, 2.75) is 33.6 Å². The fourth-order valence-corrected chi connectivity index (χ4v) is 2.68. The first-order valence-electron chi connectivity index (χ1n) is 7.11. The van der Waals surface area contributed by atoms with Crippen LogP contribution >= 0.6 is 0 Å². The van der Waals surface area contributed by atoms with Crippen molar-refractivity contribution in [2.75, 3.05) is 19.6 Å². The van der Waals surface area contributed by atoms with Crippen molar-refractivity contribution in [1.29, 1.82) is 0 Å². The zero-order valence-electron chi connectivity index (χ0n) is 12.0. The Bertz CT molecular complexity index is 371. The van der Waals surface area contributed by atoms with Gasteiger partial charge in [0.25, 0.3) is 0 Å². The Morgan fingerprint density at radius 1 is 1.32 bits per heavy atom. The van der Waals surface area contributed by atoms with Crippen molar-refractivity contribution in [3.05, 3.63) is 0 Å². The summed E-state index contributed by atoms with van der Waals surface area (Å²) in [6.07, 6.45) is 2.40. The minimum absolute atomic E-state index is 0.0410. The second-order valence-corrected chi connectivity index (χ2v) is 6.47. The van der Waals surface area contributed by atoms with Crippen LogP contribution in [0.15, 0.2) is 0 Å². The molecule has 1 aliphatic carbocycles. The zero-order chi connectivity index (χ0) is 14.2. The Labute approximate surface area is 114 Å². The highest BCUT2D eigenvalue weighted by molar-refractivity contribution is 5.76. The van der Waals surface area contributed by atoms with E-state index in [1.54, 1.807) is 11.8 Å². The van der Waals surface area contributed by atoms with Gasteiger partial charge in [0.1, 0.15) is 0 Å². The van der Waals surface area contributed by atoms with Gasteiger partial charge in [-0.05, 0) is 24.2 Å². The van der Waals surface area contributed by atoms with Gasteiger partial charge < -0.3 is 15.3 Å². The first-order chi connectivity index (χ1) is 8.85. The molecule has 5 nitrogen and oxygen atoms in total. The number of carbonyl (C=O) groups excluding carboxylic acids is 1. The van der Waals surface area contributed by atoms with Crippen molar-refractivity contribution in [2.24, 2.45) is 23.2 Å². The van der Waals surface area contributed by atoms with Gasteiger partial charge in [-0.1, -0.05) is 20.8 Å². The van der Waals surface area contributed by atoms with Crippen LogP contribution < -0.4 is 5.32 Å². The van der Waals surface area contributed by atoms with Crippen molar-refractivity contribution >= 4 is 12.0 Å². The number of urea groups is 1. The van der Waals surface area contributed by atoms with Gasteiger partial charge in [-0.2, -0.15) is 0 Å². The van der Waals surface area contributed by atoms with Crippen LogP contribution in [0.3, 0.4) is 0 Å². The van der Waals surface area contributed by atoms with Crippen molar-refractivity contribution < 1.29 is 14.7 Å². The van der Waals surface area contributed by atoms with Gasteiger partial charge >= 0.3 is 12.0 Å². The van der Waals surface area contributed by atoms with E-state index in [0.29, 0.717) is 24.4 Å². The van der Waals surface area contributed by atoms with Crippen molar-refractivity contribution in [3.63, 3.8) is 0 Å². The lowest BCUT2D eigenvalue weighted by Gasteiger charge is -2.41. The minimum atomic E-state index is -0.776. The molecule has 2 aliphatic rings. The van der Waals surface area contributed by atoms with Crippen LogP contribution in [0.2, 0.25) is 0 Å². The number of carbonyl (C=O) groups is 2. The van der Waals surface area contributed by atoms with Crippen LogP contribution in [0.25, 0.3) is 0 Å². The van der Waals surface area contributed by atoms with Crippen LogP contribution in [-0.4, -0.2) is 41.6 Å². The largest absolute Gasteiger partial charge is 0.481 e. The maximum Gasteiger partial charge on any atom is 0.317 e. The topological polar surface area (TPSA) is 69.6 Å². The van der Waals surface area contributed by atoms with Gasteiger partial charge in [-0.25, -0.2) is 4.79 Å². The molecule has 0 bridgehead atoms. The quantitative estimate of drug-likeness (QED) is 0.798. The monoisotopic (exact) mass is 268 g/mol. The Morgan fingerprint density at radius 2 is 1.89 bits per heavy atom. The molecule has 1 aliphatic heterocycles. The summed E-state index contributed by atoms with van der Waals surface area (Å²) in [6.45, 7) is 7.99. The highest BCUT2D eigenvalue weighted by Crippen LogP contribution is 2.51. The summed E-state index contributed by atoms with van der Waals surface area (Å²) >= 11 is 0. The summed E-state index contributed by atoms with van der Waals surface area (Å²) in [7, 11) is 0. The number of nitrogens with one attached hydrogen (secondary N) is 1. The van der Waals surface area contributed by atoms with E-state index in [2.05, 4.69) is 19.2 Å². The zero-order valence-corrected chi connectivity index (χ0v) is 12.0. The Hall–Kier alpha value is -1.26. The van der Waals surface area contributed by atoms with Gasteiger partial charge in [0, 0.05) is 25.6 Å². The maximum atomic E-state index is 11.9. The number of nitrogens with zero attached hydrogens (tertiary/aromatic N) is 1. The number of carboxylic acid groups (broad SMARTS) is 1. The van der Waals surface area contributed by atoms with Crippen LogP contribution in [0.4, 0.5) is 4.79 Å². The fourth-order valence-electron chi connectivity index (χ4n) is 2.68. The molecule has 0 radical (unpaired) electrons. The van der Waals surface area contributed by atoms with E-state index in [0.717, 1.165) is 6.54 Å². The lowest BCUT2D eigenvalue weighted by Crippen LogP contribution is -2.57. The number of rotatable bonds is 5. The van der Waals surface area contributed by atoms with Gasteiger partial charge in [0.05, 0.1) is 5.92 Å². The molecule has 1 atom stereocenters. The van der Waals surface area contributed by atoms with Gasteiger partial charge in [-0.15, -0.1) is 0 Å². The number of hydrogen-bond acceptors (Lipinski definition) is 2. The average Bonchev–Trinajstić information content (AvgIpc) is 3.05. The van der Waals surface area contributed by atoms with Gasteiger partial charge in [0.15, 0.2) is 0 Å². The Morgan fingerprint density at radius 3 is 2.32 bits per heavy atom. The summed E-state index contributed by atoms with van der Waals surface area (Å²) in [5.41, 5.74) is 0.314. The number of hydrogen-bond donors (Lipinski definition) is 2. The van der Waals surface area contributed by atoms with E-state index >= 15 is 0 Å². The summed E-state index contributed by atoms with van der Waals surface area (Å²) < 4.78 is 0. The molecule has 1 unspecified atom stereocenters. The molecule has 0 aromatic rings. The highest BCUT2D eigenvalue weighted by Gasteiger charge is 2.46. The third kappa shape index (κ3) is 2.85. The molecule has 1 saturated carbocycles. The lowest BCUT2D eigenvalue weighted by molar-refractivity contribution is -0.144. The highest BCUT2D eigenvalue weighted by atomic mass is 16.4. The smallest absolute Gasteiger partial charge is 0.317 e. The van der Waals surface area contributed by atoms with E-state index in [-0.39, 0.29) is 17.9 Å². The van der Waals surface area contributed by atoms with Crippen LogP contribution in [0.5, 0.6) is 0 Å². The predicted molar refractivity (Wildman–Crippen MR) is 71.8 cm³/mol. The molecule has 0 aromatic carbocycles. The molecule has 19 heavy (non-hydrogen) atoms. The molecule has 0 spiro atoms. The molecule has 2 N–H and O–H groups in total. The molecule has 2 fully saturated rings.